The van der Waals surface area contributed by atoms with E-state index in [1.165, 1.54) is 15.9 Å². The highest BCUT2D eigenvalue weighted by molar-refractivity contribution is 6.06. The van der Waals surface area contributed by atoms with Gasteiger partial charge in [-0.15, -0.1) is 0 Å². The van der Waals surface area contributed by atoms with Gasteiger partial charge in [-0.25, -0.2) is 4.39 Å². The fourth-order valence-corrected chi connectivity index (χ4v) is 5.68. The average molecular weight is 574 g/mol. The summed E-state index contributed by atoms with van der Waals surface area (Å²) in [4.78, 5) is 61.3. The molecule has 5 rings (SSSR count). The van der Waals surface area contributed by atoms with Crippen molar-refractivity contribution in [1.82, 2.24) is 25.4 Å². The quantitative estimate of drug-likeness (QED) is 0.489. The Morgan fingerprint density at radius 2 is 1.88 bits per heavy atom. The van der Waals surface area contributed by atoms with Crippen LogP contribution in [-0.2, 0) is 16.0 Å². The number of carbonyl (C=O) groups is 4. The lowest BCUT2D eigenvalue weighted by Crippen LogP contribution is -2.55. The summed E-state index contributed by atoms with van der Waals surface area (Å²) in [5.74, 6) is -2.35. The van der Waals surface area contributed by atoms with E-state index in [1.54, 1.807) is 18.3 Å². The molecule has 3 aromatic rings. The molecule has 0 spiro atoms. The number of hydrogen-bond donors (Lipinski definition) is 2. The van der Waals surface area contributed by atoms with Gasteiger partial charge in [-0.2, -0.15) is 0 Å². The number of aromatic nitrogens is 1. The van der Waals surface area contributed by atoms with Crippen LogP contribution in [0.1, 0.15) is 59.5 Å². The largest absolute Gasteiger partial charge is 0.355 e. The van der Waals surface area contributed by atoms with Crippen molar-refractivity contribution in [2.45, 2.75) is 51.6 Å². The molecule has 42 heavy (non-hydrogen) atoms. The van der Waals surface area contributed by atoms with Gasteiger partial charge in [0.05, 0.1) is 12.1 Å². The molecule has 0 saturated carbocycles. The van der Waals surface area contributed by atoms with Gasteiger partial charge in [0.15, 0.2) is 0 Å². The van der Waals surface area contributed by atoms with Crippen molar-refractivity contribution in [3.8, 4) is 0 Å². The highest BCUT2D eigenvalue weighted by Gasteiger charge is 2.37. The summed E-state index contributed by atoms with van der Waals surface area (Å²) in [6, 6.07) is 12.4. The first-order valence-electron chi connectivity index (χ1n) is 14.5. The molecule has 2 aliphatic heterocycles. The van der Waals surface area contributed by atoms with Crippen molar-refractivity contribution in [2.24, 2.45) is 5.92 Å². The molecule has 0 radical (unpaired) electrons. The van der Waals surface area contributed by atoms with Crippen molar-refractivity contribution < 1.29 is 23.6 Å². The zero-order chi connectivity index (χ0) is 29.8. The molecule has 220 valence electrons. The van der Waals surface area contributed by atoms with Gasteiger partial charge in [-0.05, 0) is 60.7 Å². The molecule has 10 heteroatoms. The van der Waals surface area contributed by atoms with Crippen LogP contribution in [-0.4, -0.2) is 76.7 Å². The number of amides is 4. The Labute approximate surface area is 244 Å². The second-order valence-electron chi connectivity index (χ2n) is 11.3. The van der Waals surface area contributed by atoms with Gasteiger partial charge in [0.1, 0.15) is 17.6 Å². The van der Waals surface area contributed by atoms with E-state index in [0.29, 0.717) is 44.2 Å². The number of nitrogens with one attached hydrogen (secondary N) is 2. The van der Waals surface area contributed by atoms with Crippen molar-refractivity contribution in [3.05, 3.63) is 77.4 Å². The molecule has 0 aliphatic carbocycles. The van der Waals surface area contributed by atoms with E-state index < -0.39 is 29.7 Å². The van der Waals surface area contributed by atoms with Crippen LogP contribution in [0.25, 0.3) is 10.8 Å². The Hall–Kier alpha value is -4.34. The molecule has 4 amide bonds. The van der Waals surface area contributed by atoms with Crippen LogP contribution in [0, 0.1) is 11.7 Å². The highest BCUT2D eigenvalue weighted by atomic mass is 19.1. The number of nitrogens with zero attached hydrogens (tertiary/aromatic N) is 3. The Morgan fingerprint density at radius 1 is 1.07 bits per heavy atom. The Kier molecular flexibility index (Phi) is 8.80. The van der Waals surface area contributed by atoms with Crippen LogP contribution in [0.5, 0.6) is 0 Å². The summed E-state index contributed by atoms with van der Waals surface area (Å²) in [6.45, 7) is 4.39. The van der Waals surface area contributed by atoms with Gasteiger partial charge in [0, 0.05) is 37.3 Å². The zero-order valence-corrected chi connectivity index (χ0v) is 23.9. The zero-order valence-electron chi connectivity index (χ0n) is 23.9. The number of hydrogen-bond acceptors (Lipinski definition) is 5. The standard InChI is InChI=1S/C32H36FN5O4/c1-20(2)26-18-37(32(42)29-23-9-4-3-8-22(23)13-15-35-29)19-28(39)34-14-5-7-21-11-12-25(33)24(17-21)31(41)38-16-6-10-27(38)30(40)36-26/h3-4,8-9,11-13,15,17,20,26-27H,5-7,10,14,16,18-19H2,1-2H3,(H,34,39)(H,36,40)/t26-,27-/m0/s1. The van der Waals surface area contributed by atoms with Gasteiger partial charge in [-0.1, -0.05) is 44.2 Å². The topological polar surface area (TPSA) is 112 Å². The van der Waals surface area contributed by atoms with Gasteiger partial charge >= 0.3 is 0 Å². The van der Waals surface area contributed by atoms with E-state index in [0.717, 1.165) is 10.9 Å². The van der Waals surface area contributed by atoms with Gasteiger partial charge < -0.3 is 20.4 Å². The fourth-order valence-electron chi connectivity index (χ4n) is 5.68. The molecule has 1 saturated heterocycles. The van der Waals surface area contributed by atoms with Crippen molar-refractivity contribution >= 4 is 34.4 Å². The fraction of sp³-hybridized carbons (Fsp3) is 0.406. The maximum atomic E-state index is 14.8. The predicted octanol–water partition coefficient (Wildman–Crippen LogP) is 3.32. The Balaban J connectivity index is 1.48. The third kappa shape index (κ3) is 6.27. The minimum absolute atomic E-state index is 0.0553. The minimum Gasteiger partial charge on any atom is -0.355 e. The maximum absolute atomic E-state index is 14.8. The van der Waals surface area contributed by atoms with Crippen LogP contribution < -0.4 is 10.6 Å². The molecule has 9 nitrogen and oxygen atoms in total. The molecule has 1 fully saturated rings. The van der Waals surface area contributed by atoms with Crippen molar-refractivity contribution in [3.63, 3.8) is 0 Å². The Morgan fingerprint density at radius 3 is 2.69 bits per heavy atom. The molecular weight excluding hydrogens is 537 g/mol. The summed E-state index contributed by atoms with van der Waals surface area (Å²) >= 11 is 0. The third-order valence-electron chi connectivity index (χ3n) is 8.09. The number of fused-ring (bicyclic) bond motifs is 4. The second kappa shape index (κ2) is 12.7. The molecule has 2 N–H and O–H groups in total. The normalized spacial score (nSPS) is 20.7. The molecule has 2 aliphatic rings. The van der Waals surface area contributed by atoms with Crippen molar-refractivity contribution in [2.75, 3.05) is 26.2 Å². The summed E-state index contributed by atoms with van der Waals surface area (Å²) < 4.78 is 14.8. The number of halogens is 1. The van der Waals surface area contributed by atoms with Gasteiger partial charge in [0.2, 0.25) is 11.8 Å². The average Bonchev–Trinajstić information content (AvgIpc) is 3.48. The highest BCUT2D eigenvalue weighted by Crippen LogP contribution is 2.24. The van der Waals surface area contributed by atoms with E-state index in [9.17, 15) is 23.6 Å². The first kappa shape index (κ1) is 29.2. The van der Waals surface area contributed by atoms with E-state index in [2.05, 4.69) is 15.6 Å². The number of carbonyl (C=O) groups excluding carboxylic acids is 4. The summed E-state index contributed by atoms with van der Waals surface area (Å²) in [7, 11) is 0. The van der Waals surface area contributed by atoms with E-state index >= 15 is 0 Å². The lowest BCUT2D eigenvalue weighted by atomic mass is 10.0. The summed E-state index contributed by atoms with van der Waals surface area (Å²) in [6.07, 6.45) is 3.72. The molecule has 3 heterocycles. The lowest BCUT2D eigenvalue weighted by molar-refractivity contribution is -0.126. The molecule has 2 bridgehead atoms. The van der Waals surface area contributed by atoms with Crippen LogP contribution in [0.4, 0.5) is 4.39 Å². The third-order valence-corrected chi connectivity index (χ3v) is 8.09. The van der Waals surface area contributed by atoms with Crippen LogP contribution >= 0.6 is 0 Å². The van der Waals surface area contributed by atoms with E-state index in [1.807, 2.05) is 44.2 Å². The first-order chi connectivity index (χ1) is 20.2. The number of pyridine rings is 1. The smallest absolute Gasteiger partial charge is 0.273 e. The van der Waals surface area contributed by atoms with Crippen LogP contribution in [0.15, 0.2) is 54.7 Å². The number of rotatable bonds is 2. The second-order valence-corrected chi connectivity index (χ2v) is 11.3. The Bertz CT molecular complexity index is 1500. The first-order valence-corrected chi connectivity index (χ1v) is 14.5. The predicted molar refractivity (Wildman–Crippen MR) is 156 cm³/mol. The van der Waals surface area contributed by atoms with Crippen LogP contribution in [0.2, 0.25) is 0 Å². The molecule has 2 atom stereocenters. The van der Waals surface area contributed by atoms with Gasteiger partial charge in [0.25, 0.3) is 11.8 Å². The van der Waals surface area contributed by atoms with E-state index in [-0.39, 0.29) is 42.1 Å². The summed E-state index contributed by atoms with van der Waals surface area (Å²) in [5, 5.41) is 7.44. The van der Waals surface area contributed by atoms with Gasteiger partial charge in [-0.3, -0.25) is 24.2 Å². The minimum atomic E-state index is -0.760. The molecule has 0 unspecified atom stereocenters. The van der Waals surface area contributed by atoms with Crippen LogP contribution in [0.3, 0.4) is 0 Å². The maximum Gasteiger partial charge on any atom is 0.273 e. The molecule has 2 aromatic carbocycles. The lowest BCUT2D eigenvalue weighted by Gasteiger charge is -2.32. The number of aryl methyl sites for hydroxylation is 1. The summed E-state index contributed by atoms with van der Waals surface area (Å²) in [5.41, 5.74) is 0.937. The van der Waals surface area contributed by atoms with Crippen molar-refractivity contribution in [1.29, 1.82) is 0 Å². The van der Waals surface area contributed by atoms with E-state index in [4.69, 9.17) is 0 Å². The monoisotopic (exact) mass is 573 g/mol. The molecule has 1 aromatic heterocycles. The SMILES string of the molecule is CC(C)[C@@H]1CN(C(=O)c2nccc3ccccc23)CC(=O)NCCCc2ccc(F)c(c2)C(=O)N2CCC[C@H]2C(=O)N1. The number of benzene rings is 2. The molecular formula is C32H36FN5O4.